The van der Waals surface area contributed by atoms with Crippen LogP contribution < -0.4 is 16.0 Å². The van der Waals surface area contributed by atoms with E-state index in [1.807, 2.05) is 0 Å². The molecule has 6 nitrogen and oxygen atoms in total. The van der Waals surface area contributed by atoms with E-state index in [0.717, 1.165) is 31.6 Å². The highest BCUT2D eigenvalue weighted by atomic mass is 32.1. The Morgan fingerprint density at radius 3 is 2.48 bits per heavy atom. The van der Waals surface area contributed by atoms with E-state index in [2.05, 4.69) is 26.1 Å². The van der Waals surface area contributed by atoms with E-state index in [9.17, 15) is 13.6 Å². The van der Waals surface area contributed by atoms with Gasteiger partial charge in [-0.25, -0.2) is 8.78 Å². The Labute approximate surface area is 160 Å². The molecule has 1 fully saturated rings. The fraction of sp³-hybridized carbons (Fsp3) is 0.500. The maximum Gasteiger partial charge on any atom is 0.257 e. The monoisotopic (exact) mass is 395 g/mol. The predicted molar refractivity (Wildman–Crippen MR) is 102 cm³/mol. The normalized spacial score (nSPS) is 14.9. The third-order valence-corrected chi connectivity index (χ3v) is 5.23. The molecule has 2 aromatic rings. The van der Waals surface area contributed by atoms with Crippen molar-refractivity contribution >= 4 is 27.5 Å². The second-order valence-electron chi connectivity index (χ2n) is 6.59. The molecule has 0 bridgehead atoms. The van der Waals surface area contributed by atoms with Crippen LogP contribution in [0.1, 0.15) is 48.9 Å². The molecule has 1 aliphatic carbocycles. The molecule has 3 rings (SSSR count). The van der Waals surface area contributed by atoms with Gasteiger partial charge in [-0.3, -0.25) is 10.1 Å². The van der Waals surface area contributed by atoms with E-state index in [-0.39, 0.29) is 10.7 Å². The van der Waals surface area contributed by atoms with E-state index < -0.39 is 17.5 Å². The van der Waals surface area contributed by atoms with Crippen molar-refractivity contribution in [1.29, 1.82) is 0 Å². The van der Waals surface area contributed by atoms with E-state index in [0.29, 0.717) is 17.2 Å². The predicted octanol–water partition coefficient (Wildman–Crippen LogP) is 3.79. The summed E-state index contributed by atoms with van der Waals surface area (Å²) in [6.45, 7) is 1.70. The number of hydrogen-bond donors (Lipinski definition) is 3. The Hall–Kier alpha value is -2.13. The molecule has 0 spiro atoms. The van der Waals surface area contributed by atoms with Crippen LogP contribution in [0.3, 0.4) is 0 Å². The molecule has 1 aliphatic rings. The van der Waals surface area contributed by atoms with Crippen LogP contribution in [0.15, 0.2) is 18.2 Å². The zero-order valence-corrected chi connectivity index (χ0v) is 15.7. The van der Waals surface area contributed by atoms with Gasteiger partial charge in [-0.15, -0.1) is 10.2 Å². The molecule has 1 heterocycles. The summed E-state index contributed by atoms with van der Waals surface area (Å²) in [6, 6.07) is 3.30. The van der Waals surface area contributed by atoms with E-state index in [4.69, 9.17) is 0 Å². The number of nitrogens with one attached hydrogen (secondary N) is 3. The molecule has 9 heteroatoms. The van der Waals surface area contributed by atoms with E-state index in [1.165, 1.54) is 43.4 Å². The highest BCUT2D eigenvalue weighted by Crippen LogP contribution is 2.21. The number of carbonyl (C=O) groups excluding carboxylic acids is 1. The van der Waals surface area contributed by atoms with Crippen LogP contribution in [-0.4, -0.2) is 35.2 Å². The first-order chi connectivity index (χ1) is 13.1. The second-order valence-corrected chi connectivity index (χ2v) is 7.57. The van der Waals surface area contributed by atoms with Crippen LogP contribution >= 0.6 is 11.3 Å². The number of halogens is 2. The first kappa shape index (κ1) is 19.6. The summed E-state index contributed by atoms with van der Waals surface area (Å²) >= 11 is 1.18. The molecule has 1 aromatic carbocycles. The molecular formula is C18H23F2N5OS. The van der Waals surface area contributed by atoms with Crippen LogP contribution in [0.25, 0.3) is 0 Å². The fourth-order valence-electron chi connectivity index (χ4n) is 3.10. The zero-order valence-electron chi connectivity index (χ0n) is 14.9. The number of nitrogens with zero attached hydrogens (tertiary/aromatic N) is 2. The van der Waals surface area contributed by atoms with Crippen LogP contribution in [0.4, 0.5) is 19.0 Å². The third-order valence-electron chi connectivity index (χ3n) is 4.44. The lowest BCUT2D eigenvalue weighted by Crippen LogP contribution is -2.32. The number of hydrogen-bond acceptors (Lipinski definition) is 6. The Morgan fingerprint density at radius 2 is 1.74 bits per heavy atom. The summed E-state index contributed by atoms with van der Waals surface area (Å²) in [5.74, 6) is -2.24. The molecule has 146 valence electrons. The number of amides is 1. The van der Waals surface area contributed by atoms with Gasteiger partial charge in [-0.2, -0.15) is 0 Å². The Morgan fingerprint density at radius 1 is 1.04 bits per heavy atom. The number of rotatable bonds is 8. The summed E-state index contributed by atoms with van der Waals surface area (Å²) in [5.41, 5.74) is -0.106. The van der Waals surface area contributed by atoms with Crippen molar-refractivity contribution in [3.63, 3.8) is 0 Å². The van der Waals surface area contributed by atoms with Crippen LogP contribution in [0, 0.1) is 11.6 Å². The van der Waals surface area contributed by atoms with E-state index in [1.54, 1.807) is 0 Å². The molecule has 0 saturated heterocycles. The molecular weight excluding hydrogens is 372 g/mol. The molecule has 0 unspecified atom stereocenters. The van der Waals surface area contributed by atoms with Gasteiger partial charge in [0.1, 0.15) is 11.6 Å². The van der Waals surface area contributed by atoms with Gasteiger partial charge in [-0.05, 0) is 37.9 Å². The lowest BCUT2D eigenvalue weighted by molar-refractivity contribution is 0.102. The number of aromatic nitrogens is 2. The lowest BCUT2D eigenvalue weighted by Gasteiger charge is -2.22. The standard InChI is InChI=1S/C18H23F2N5OS/c19-13-9-12(10-14(20)11-13)16(26)23-18-25-24-17(27-18)22-8-4-7-21-15-5-2-1-3-6-15/h9-11,15,21H,1-8H2,(H,22,24)(H,23,25,26). The van der Waals surface area contributed by atoms with Gasteiger partial charge >= 0.3 is 0 Å². The first-order valence-electron chi connectivity index (χ1n) is 9.18. The molecule has 1 saturated carbocycles. The van der Waals surface area contributed by atoms with Gasteiger partial charge in [0, 0.05) is 24.2 Å². The lowest BCUT2D eigenvalue weighted by atomic mass is 9.95. The van der Waals surface area contributed by atoms with E-state index >= 15 is 0 Å². The topological polar surface area (TPSA) is 78.9 Å². The summed E-state index contributed by atoms with van der Waals surface area (Å²) in [6.07, 6.45) is 7.48. The Kier molecular flexibility index (Phi) is 7.05. The molecule has 27 heavy (non-hydrogen) atoms. The summed E-state index contributed by atoms with van der Waals surface area (Å²) in [7, 11) is 0. The van der Waals surface area contributed by atoms with Crippen molar-refractivity contribution in [2.45, 2.75) is 44.6 Å². The SMILES string of the molecule is O=C(Nc1nnc(NCCCNC2CCCCC2)s1)c1cc(F)cc(F)c1. The quantitative estimate of drug-likeness (QED) is 0.593. The van der Waals surface area contributed by atoms with Crippen LogP contribution in [-0.2, 0) is 0 Å². The second kappa shape index (κ2) is 9.70. The maximum absolute atomic E-state index is 13.2. The number of anilines is 2. The molecule has 0 atom stereocenters. The molecule has 0 aliphatic heterocycles. The van der Waals surface area contributed by atoms with Gasteiger partial charge < -0.3 is 10.6 Å². The van der Waals surface area contributed by atoms with Crippen molar-refractivity contribution < 1.29 is 13.6 Å². The third kappa shape index (κ3) is 6.21. The van der Waals surface area contributed by atoms with Gasteiger partial charge in [0.25, 0.3) is 5.91 Å². The minimum Gasteiger partial charge on any atom is -0.360 e. The van der Waals surface area contributed by atoms with Gasteiger partial charge in [0.05, 0.1) is 0 Å². The molecule has 1 aromatic heterocycles. The molecule has 0 radical (unpaired) electrons. The highest BCUT2D eigenvalue weighted by molar-refractivity contribution is 7.19. The van der Waals surface area contributed by atoms with Crippen LogP contribution in [0.5, 0.6) is 0 Å². The minimum atomic E-state index is -0.804. The van der Waals surface area contributed by atoms with Crippen molar-refractivity contribution in [3.05, 3.63) is 35.4 Å². The Bertz CT molecular complexity index is 744. The summed E-state index contributed by atoms with van der Waals surface area (Å²) in [4.78, 5) is 12.0. The molecule has 3 N–H and O–H groups in total. The average Bonchev–Trinajstić information content (AvgIpc) is 3.09. The smallest absolute Gasteiger partial charge is 0.257 e. The number of carbonyl (C=O) groups is 1. The summed E-state index contributed by atoms with van der Waals surface area (Å²) < 4.78 is 26.4. The van der Waals surface area contributed by atoms with Crippen molar-refractivity contribution in [2.24, 2.45) is 0 Å². The number of benzene rings is 1. The minimum absolute atomic E-state index is 0.106. The zero-order chi connectivity index (χ0) is 19.1. The molecule has 1 amide bonds. The van der Waals surface area contributed by atoms with Crippen LogP contribution in [0.2, 0.25) is 0 Å². The van der Waals surface area contributed by atoms with Gasteiger partial charge in [-0.1, -0.05) is 30.6 Å². The van der Waals surface area contributed by atoms with Crippen molar-refractivity contribution in [3.8, 4) is 0 Å². The highest BCUT2D eigenvalue weighted by Gasteiger charge is 2.13. The van der Waals surface area contributed by atoms with Crippen molar-refractivity contribution in [1.82, 2.24) is 15.5 Å². The van der Waals surface area contributed by atoms with Crippen molar-refractivity contribution in [2.75, 3.05) is 23.7 Å². The van der Waals surface area contributed by atoms with Gasteiger partial charge in [0.2, 0.25) is 10.3 Å². The fourth-order valence-corrected chi connectivity index (χ4v) is 3.76. The first-order valence-corrected chi connectivity index (χ1v) is 10.00. The van der Waals surface area contributed by atoms with Gasteiger partial charge in [0.15, 0.2) is 0 Å². The summed E-state index contributed by atoms with van der Waals surface area (Å²) in [5, 5.41) is 17.9. The largest absolute Gasteiger partial charge is 0.360 e. The maximum atomic E-state index is 13.2. The average molecular weight is 395 g/mol. The Balaban J connectivity index is 1.39.